The second kappa shape index (κ2) is 8.91. The largest absolute Gasteiger partial charge is 0.450 e. The molecule has 0 saturated carbocycles. The highest BCUT2D eigenvalue weighted by molar-refractivity contribution is 6.31. The van der Waals surface area contributed by atoms with E-state index in [1.807, 2.05) is 30.3 Å². The lowest BCUT2D eigenvalue weighted by atomic mass is 10.1. The summed E-state index contributed by atoms with van der Waals surface area (Å²) < 4.78 is 15.9. The van der Waals surface area contributed by atoms with Crippen molar-refractivity contribution in [2.75, 3.05) is 13.7 Å². The van der Waals surface area contributed by atoms with Crippen molar-refractivity contribution in [3.05, 3.63) is 70.4 Å². The van der Waals surface area contributed by atoms with Crippen molar-refractivity contribution in [3.8, 4) is 0 Å². The maximum absolute atomic E-state index is 12.5. The lowest BCUT2D eigenvalue weighted by Crippen LogP contribution is -2.31. The molecule has 1 amide bonds. The Hall–Kier alpha value is -2.83. The molecular weight excluding hydrogens is 382 g/mol. The first-order valence-electron chi connectivity index (χ1n) is 8.71. The van der Waals surface area contributed by atoms with Crippen LogP contribution in [-0.2, 0) is 20.9 Å². The maximum atomic E-state index is 12.5. The minimum Gasteiger partial charge on any atom is -0.450 e. The Bertz CT molecular complexity index is 997. The van der Waals surface area contributed by atoms with Gasteiger partial charge in [0.25, 0.3) is 5.91 Å². The fraction of sp³-hybridized carbons (Fsp3) is 0.238. The Balaban J connectivity index is 1.65. The third kappa shape index (κ3) is 4.35. The van der Waals surface area contributed by atoms with Crippen LogP contribution >= 0.6 is 11.6 Å². The molecule has 0 saturated heterocycles. The van der Waals surface area contributed by atoms with Gasteiger partial charge < -0.3 is 19.2 Å². The molecule has 0 radical (unpaired) electrons. The number of carbonyl (C=O) groups excluding carboxylic acids is 2. The standard InChI is InChI=1S/C21H20ClNO5/c1-13(14-7-3-5-9-17(14)22)23-19(24)12-27-21(25)20-16(11-26-2)15-8-4-6-10-18(15)28-20/h3-10,13H,11-12H2,1-2H3,(H,23,24)/t13-/m0/s1. The van der Waals surface area contributed by atoms with Crippen LogP contribution in [0.15, 0.2) is 52.9 Å². The van der Waals surface area contributed by atoms with E-state index < -0.39 is 18.5 Å². The number of furan rings is 1. The minimum atomic E-state index is -0.719. The summed E-state index contributed by atoms with van der Waals surface area (Å²) in [6.07, 6.45) is 0. The number of benzene rings is 2. The number of hydrogen-bond acceptors (Lipinski definition) is 5. The van der Waals surface area contributed by atoms with Crippen LogP contribution in [0.4, 0.5) is 0 Å². The number of para-hydroxylation sites is 1. The number of fused-ring (bicyclic) bond motifs is 1. The summed E-state index contributed by atoms with van der Waals surface area (Å²) in [5.41, 5.74) is 1.93. The van der Waals surface area contributed by atoms with Crippen LogP contribution in [0, 0.1) is 0 Å². The van der Waals surface area contributed by atoms with Crippen molar-refractivity contribution in [1.82, 2.24) is 5.32 Å². The van der Waals surface area contributed by atoms with Gasteiger partial charge in [0, 0.05) is 23.1 Å². The van der Waals surface area contributed by atoms with E-state index in [9.17, 15) is 9.59 Å². The molecule has 3 rings (SSSR count). The Morgan fingerprint density at radius 1 is 1.14 bits per heavy atom. The van der Waals surface area contributed by atoms with E-state index in [0.717, 1.165) is 10.9 Å². The molecule has 0 bridgehead atoms. The van der Waals surface area contributed by atoms with Crippen molar-refractivity contribution in [2.24, 2.45) is 0 Å². The molecule has 3 aromatic rings. The predicted octanol–water partition coefficient (Wildman–Crippen LogP) is 4.27. The van der Waals surface area contributed by atoms with E-state index in [4.69, 9.17) is 25.5 Å². The van der Waals surface area contributed by atoms with Crippen LogP contribution in [0.25, 0.3) is 11.0 Å². The zero-order valence-electron chi connectivity index (χ0n) is 15.5. The number of hydrogen-bond donors (Lipinski definition) is 1. The van der Waals surface area contributed by atoms with Crippen molar-refractivity contribution in [1.29, 1.82) is 0 Å². The summed E-state index contributed by atoms with van der Waals surface area (Å²) in [5.74, 6) is -1.12. The zero-order chi connectivity index (χ0) is 20.1. The molecule has 7 heteroatoms. The van der Waals surface area contributed by atoms with Gasteiger partial charge in [0.15, 0.2) is 6.61 Å². The normalized spacial score (nSPS) is 12.0. The fourth-order valence-corrected chi connectivity index (χ4v) is 3.23. The van der Waals surface area contributed by atoms with Gasteiger partial charge in [-0.1, -0.05) is 48.0 Å². The van der Waals surface area contributed by atoms with Crippen LogP contribution in [-0.4, -0.2) is 25.6 Å². The summed E-state index contributed by atoms with van der Waals surface area (Å²) in [6.45, 7) is 1.56. The molecule has 2 aromatic carbocycles. The minimum absolute atomic E-state index is 0.0370. The highest BCUT2D eigenvalue weighted by atomic mass is 35.5. The van der Waals surface area contributed by atoms with Crippen LogP contribution in [0.5, 0.6) is 0 Å². The number of nitrogens with one attached hydrogen (secondary N) is 1. The average molecular weight is 402 g/mol. The number of rotatable bonds is 7. The molecule has 146 valence electrons. The van der Waals surface area contributed by atoms with Gasteiger partial charge in [-0.2, -0.15) is 0 Å². The molecule has 0 aliphatic carbocycles. The summed E-state index contributed by atoms with van der Waals surface area (Å²) in [5, 5.41) is 4.08. The van der Waals surface area contributed by atoms with Crippen LogP contribution in [0.1, 0.15) is 34.6 Å². The van der Waals surface area contributed by atoms with Crippen molar-refractivity contribution < 1.29 is 23.5 Å². The highest BCUT2D eigenvalue weighted by Crippen LogP contribution is 2.27. The van der Waals surface area contributed by atoms with Crippen molar-refractivity contribution in [2.45, 2.75) is 19.6 Å². The molecule has 28 heavy (non-hydrogen) atoms. The predicted molar refractivity (Wildman–Crippen MR) is 105 cm³/mol. The molecule has 0 unspecified atom stereocenters. The number of methoxy groups -OCH3 is 1. The Morgan fingerprint density at radius 2 is 1.86 bits per heavy atom. The molecule has 0 aliphatic rings. The first kappa shape index (κ1) is 19.9. The molecular formula is C21H20ClNO5. The lowest BCUT2D eigenvalue weighted by Gasteiger charge is -2.15. The molecule has 1 heterocycles. The monoisotopic (exact) mass is 401 g/mol. The fourth-order valence-electron chi connectivity index (χ4n) is 2.94. The second-order valence-electron chi connectivity index (χ2n) is 6.23. The number of esters is 1. The highest BCUT2D eigenvalue weighted by Gasteiger charge is 2.23. The smallest absolute Gasteiger partial charge is 0.375 e. The molecule has 0 spiro atoms. The summed E-state index contributed by atoms with van der Waals surface area (Å²) in [6, 6.07) is 14.1. The summed E-state index contributed by atoms with van der Waals surface area (Å²) in [4.78, 5) is 24.6. The van der Waals surface area contributed by atoms with Gasteiger partial charge in [-0.3, -0.25) is 4.79 Å². The van der Waals surface area contributed by atoms with E-state index in [-0.39, 0.29) is 18.4 Å². The first-order valence-corrected chi connectivity index (χ1v) is 9.09. The van der Waals surface area contributed by atoms with E-state index in [2.05, 4.69) is 5.32 Å². The average Bonchev–Trinajstić information content (AvgIpc) is 3.05. The molecule has 0 fully saturated rings. The van der Waals surface area contributed by atoms with E-state index in [1.165, 1.54) is 7.11 Å². The molecule has 6 nitrogen and oxygen atoms in total. The third-order valence-electron chi connectivity index (χ3n) is 4.26. The van der Waals surface area contributed by atoms with E-state index in [0.29, 0.717) is 16.2 Å². The van der Waals surface area contributed by atoms with Crippen LogP contribution in [0.2, 0.25) is 5.02 Å². The molecule has 1 atom stereocenters. The quantitative estimate of drug-likeness (QED) is 0.598. The number of carbonyl (C=O) groups is 2. The van der Waals surface area contributed by atoms with Gasteiger partial charge in [-0.15, -0.1) is 0 Å². The summed E-state index contributed by atoms with van der Waals surface area (Å²) in [7, 11) is 1.53. The zero-order valence-corrected chi connectivity index (χ0v) is 16.3. The van der Waals surface area contributed by atoms with Gasteiger partial charge in [0.05, 0.1) is 12.6 Å². The van der Waals surface area contributed by atoms with Crippen molar-refractivity contribution >= 4 is 34.4 Å². The van der Waals surface area contributed by atoms with E-state index >= 15 is 0 Å². The Morgan fingerprint density at radius 3 is 2.61 bits per heavy atom. The van der Waals surface area contributed by atoms with Crippen LogP contribution in [0.3, 0.4) is 0 Å². The first-order chi connectivity index (χ1) is 13.5. The van der Waals surface area contributed by atoms with Gasteiger partial charge in [-0.25, -0.2) is 4.79 Å². The van der Waals surface area contributed by atoms with E-state index in [1.54, 1.807) is 25.1 Å². The number of amides is 1. The maximum Gasteiger partial charge on any atom is 0.375 e. The third-order valence-corrected chi connectivity index (χ3v) is 4.60. The Labute approximate surface area is 167 Å². The summed E-state index contributed by atoms with van der Waals surface area (Å²) >= 11 is 6.13. The SMILES string of the molecule is COCc1c(C(=O)OCC(=O)N[C@@H](C)c2ccccc2Cl)oc2ccccc12. The lowest BCUT2D eigenvalue weighted by molar-refractivity contribution is -0.124. The second-order valence-corrected chi connectivity index (χ2v) is 6.63. The Kier molecular flexibility index (Phi) is 6.34. The van der Waals surface area contributed by atoms with Crippen LogP contribution < -0.4 is 5.32 Å². The van der Waals surface area contributed by atoms with Gasteiger partial charge in [-0.05, 0) is 24.6 Å². The molecule has 1 N–H and O–H groups in total. The van der Waals surface area contributed by atoms with Gasteiger partial charge >= 0.3 is 5.97 Å². The van der Waals surface area contributed by atoms with Gasteiger partial charge in [0.1, 0.15) is 5.58 Å². The molecule has 1 aromatic heterocycles. The topological polar surface area (TPSA) is 77.8 Å². The van der Waals surface area contributed by atoms with Crippen molar-refractivity contribution in [3.63, 3.8) is 0 Å². The molecule has 0 aliphatic heterocycles. The van der Waals surface area contributed by atoms with Gasteiger partial charge in [0.2, 0.25) is 5.76 Å². The number of halogens is 1. The number of ether oxygens (including phenoxy) is 2.